The van der Waals surface area contributed by atoms with Gasteiger partial charge in [0.2, 0.25) is 11.8 Å². The monoisotopic (exact) mass is 407 g/mol. The summed E-state index contributed by atoms with van der Waals surface area (Å²) >= 11 is 0. The molecule has 2 aromatic rings. The molecule has 6 nitrogen and oxygen atoms in total. The number of para-hydroxylation sites is 1. The fraction of sp³-hybridized carbons (Fsp3) is 0.375. The van der Waals surface area contributed by atoms with E-state index in [-0.39, 0.29) is 23.6 Å². The number of nitrogens with one attached hydrogen (secondary N) is 2. The molecular weight excluding hydrogens is 378 g/mol. The third-order valence-corrected chi connectivity index (χ3v) is 5.17. The van der Waals surface area contributed by atoms with Crippen LogP contribution in [0.4, 0.5) is 11.4 Å². The number of carbonyl (C=O) groups excluding carboxylic acids is 3. The van der Waals surface area contributed by atoms with Gasteiger partial charge in [0.15, 0.2) is 0 Å². The highest BCUT2D eigenvalue weighted by Gasteiger charge is 2.29. The second kappa shape index (κ2) is 9.11. The van der Waals surface area contributed by atoms with Crippen LogP contribution in [0.25, 0.3) is 0 Å². The van der Waals surface area contributed by atoms with Crippen LogP contribution < -0.4 is 10.6 Å². The second-order valence-corrected chi connectivity index (χ2v) is 8.73. The van der Waals surface area contributed by atoms with Gasteiger partial charge in [0, 0.05) is 35.4 Å². The average molecular weight is 408 g/mol. The van der Waals surface area contributed by atoms with Crippen molar-refractivity contribution in [1.82, 2.24) is 4.90 Å². The number of hydrogen-bond acceptors (Lipinski definition) is 3. The number of anilines is 2. The maximum absolute atomic E-state index is 13.0. The summed E-state index contributed by atoms with van der Waals surface area (Å²) in [6, 6.07) is 16.3. The number of amides is 3. The van der Waals surface area contributed by atoms with Gasteiger partial charge in [0.1, 0.15) is 0 Å². The molecule has 2 aromatic carbocycles. The van der Waals surface area contributed by atoms with Gasteiger partial charge in [0.25, 0.3) is 5.91 Å². The molecule has 3 rings (SSSR count). The maximum atomic E-state index is 13.0. The van der Waals surface area contributed by atoms with Crippen molar-refractivity contribution < 1.29 is 14.4 Å². The molecule has 0 bridgehead atoms. The summed E-state index contributed by atoms with van der Waals surface area (Å²) in [5.74, 6) is -0.543. The van der Waals surface area contributed by atoms with E-state index < -0.39 is 5.41 Å². The zero-order chi connectivity index (χ0) is 21.7. The van der Waals surface area contributed by atoms with E-state index >= 15 is 0 Å². The number of likely N-dealkylation sites (tertiary alicyclic amines) is 1. The Kier molecular flexibility index (Phi) is 6.55. The number of rotatable bonds is 4. The van der Waals surface area contributed by atoms with E-state index in [0.717, 1.165) is 18.5 Å². The summed E-state index contributed by atoms with van der Waals surface area (Å²) < 4.78 is 0. The third-order valence-electron chi connectivity index (χ3n) is 5.17. The summed E-state index contributed by atoms with van der Waals surface area (Å²) in [4.78, 5) is 39.6. The van der Waals surface area contributed by atoms with Crippen LogP contribution in [0.3, 0.4) is 0 Å². The number of benzene rings is 2. The molecule has 1 saturated heterocycles. The lowest BCUT2D eigenvalue weighted by molar-refractivity contribution is -0.123. The van der Waals surface area contributed by atoms with E-state index in [2.05, 4.69) is 10.6 Å². The zero-order valence-corrected chi connectivity index (χ0v) is 17.8. The van der Waals surface area contributed by atoms with Crippen molar-refractivity contribution >= 4 is 29.1 Å². The summed E-state index contributed by atoms with van der Waals surface area (Å²) in [7, 11) is 0. The molecular formula is C24H29N3O3. The van der Waals surface area contributed by atoms with Gasteiger partial charge in [-0.25, -0.2) is 0 Å². The van der Waals surface area contributed by atoms with Crippen LogP contribution in [0.5, 0.6) is 0 Å². The van der Waals surface area contributed by atoms with Gasteiger partial charge < -0.3 is 15.5 Å². The Morgan fingerprint density at radius 2 is 1.63 bits per heavy atom. The van der Waals surface area contributed by atoms with Gasteiger partial charge in [0.05, 0.1) is 5.92 Å². The molecule has 0 spiro atoms. The topological polar surface area (TPSA) is 78.5 Å². The van der Waals surface area contributed by atoms with E-state index in [1.807, 2.05) is 51.1 Å². The quantitative estimate of drug-likeness (QED) is 0.799. The molecule has 2 N–H and O–H groups in total. The minimum atomic E-state index is -0.522. The Balaban J connectivity index is 1.65. The molecule has 0 saturated carbocycles. The lowest BCUT2D eigenvalue weighted by Crippen LogP contribution is -2.43. The highest BCUT2D eigenvalue weighted by molar-refractivity contribution is 5.99. The first-order chi connectivity index (χ1) is 14.2. The van der Waals surface area contributed by atoms with E-state index in [4.69, 9.17) is 0 Å². The van der Waals surface area contributed by atoms with E-state index in [1.165, 1.54) is 0 Å². The SMILES string of the molecule is CC(C)(C)C(=O)Nc1cccc(C(=O)N2CCCC(C(=O)Nc3ccccc3)C2)c1. The number of nitrogens with zero attached hydrogens (tertiary/aromatic N) is 1. The maximum Gasteiger partial charge on any atom is 0.253 e. The molecule has 0 radical (unpaired) electrons. The van der Waals surface area contributed by atoms with Gasteiger partial charge in [-0.1, -0.05) is 45.0 Å². The minimum Gasteiger partial charge on any atom is -0.338 e. The van der Waals surface area contributed by atoms with Crippen molar-refractivity contribution in [1.29, 1.82) is 0 Å². The molecule has 0 aliphatic carbocycles. The van der Waals surface area contributed by atoms with Crippen LogP contribution in [-0.4, -0.2) is 35.7 Å². The molecule has 1 fully saturated rings. The first-order valence-electron chi connectivity index (χ1n) is 10.3. The second-order valence-electron chi connectivity index (χ2n) is 8.73. The van der Waals surface area contributed by atoms with Gasteiger partial charge in [-0.3, -0.25) is 14.4 Å². The minimum absolute atomic E-state index is 0.0649. The highest BCUT2D eigenvalue weighted by atomic mass is 16.2. The third kappa shape index (κ3) is 5.47. The largest absolute Gasteiger partial charge is 0.338 e. The lowest BCUT2D eigenvalue weighted by atomic mass is 9.95. The van der Waals surface area contributed by atoms with Crippen molar-refractivity contribution in [3.8, 4) is 0 Å². The molecule has 1 unspecified atom stereocenters. The zero-order valence-electron chi connectivity index (χ0n) is 17.8. The van der Waals surface area contributed by atoms with Crippen molar-refractivity contribution in [3.05, 3.63) is 60.2 Å². The van der Waals surface area contributed by atoms with Gasteiger partial charge >= 0.3 is 0 Å². The summed E-state index contributed by atoms with van der Waals surface area (Å²) in [5.41, 5.74) is 1.34. The average Bonchev–Trinajstić information content (AvgIpc) is 2.73. The van der Waals surface area contributed by atoms with Crippen LogP contribution >= 0.6 is 0 Å². The Morgan fingerprint density at radius 3 is 2.33 bits per heavy atom. The highest BCUT2D eigenvalue weighted by Crippen LogP contribution is 2.23. The fourth-order valence-corrected chi connectivity index (χ4v) is 3.37. The Morgan fingerprint density at radius 1 is 0.933 bits per heavy atom. The van der Waals surface area contributed by atoms with Crippen LogP contribution in [0.1, 0.15) is 44.0 Å². The van der Waals surface area contributed by atoms with Crippen molar-refractivity contribution in [2.45, 2.75) is 33.6 Å². The van der Waals surface area contributed by atoms with Gasteiger partial charge in [-0.05, 0) is 43.2 Å². The summed E-state index contributed by atoms with van der Waals surface area (Å²) in [6.45, 7) is 6.52. The first kappa shape index (κ1) is 21.6. The molecule has 30 heavy (non-hydrogen) atoms. The van der Waals surface area contributed by atoms with Gasteiger partial charge in [-0.15, -0.1) is 0 Å². The first-order valence-corrected chi connectivity index (χ1v) is 10.3. The van der Waals surface area contributed by atoms with Crippen LogP contribution in [0, 0.1) is 11.3 Å². The predicted octanol–water partition coefficient (Wildman–Crippen LogP) is 4.16. The summed E-state index contributed by atoms with van der Waals surface area (Å²) in [5, 5.41) is 5.79. The van der Waals surface area contributed by atoms with Crippen LogP contribution in [-0.2, 0) is 9.59 Å². The molecule has 1 atom stereocenters. The van der Waals surface area contributed by atoms with Crippen molar-refractivity contribution in [2.24, 2.45) is 11.3 Å². The fourth-order valence-electron chi connectivity index (χ4n) is 3.37. The number of hydrogen-bond donors (Lipinski definition) is 2. The number of carbonyl (C=O) groups is 3. The van der Waals surface area contributed by atoms with E-state index in [9.17, 15) is 14.4 Å². The van der Waals surface area contributed by atoms with Crippen molar-refractivity contribution in [3.63, 3.8) is 0 Å². The summed E-state index contributed by atoms with van der Waals surface area (Å²) in [6.07, 6.45) is 1.53. The van der Waals surface area contributed by atoms with Crippen LogP contribution in [0.15, 0.2) is 54.6 Å². The molecule has 1 heterocycles. The van der Waals surface area contributed by atoms with Crippen molar-refractivity contribution in [2.75, 3.05) is 23.7 Å². The predicted molar refractivity (Wildman–Crippen MR) is 118 cm³/mol. The molecule has 6 heteroatoms. The number of piperidine rings is 1. The smallest absolute Gasteiger partial charge is 0.253 e. The Labute approximate surface area is 177 Å². The standard InChI is InChI=1S/C24H29N3O3/c1-24(2,3)23(30)26-20-13-7-9-17(15-20)22(29)27-14-8-10-18(16-27)21(28)25-19-11-5-4-6-12-19/h4-7,9,11-13,15,18H,8,10,14,16H2,1-3H3,(H,25,28)(H,26,30). The Bertz CT molecular complexity index is 919. The normalized spacial score (nSPS) is 16.6. The molecule has 0 aromatic heterocycles. The van der Waals surface area contributed by atoms with E-state index in [1.54, 1.807) is 29.2 Å². The molecule has 158 valence electrons. The van der Waals surface area contributed by atoms with Crippen LogP contribution in [0.2, 0.25) is 0 Å². The van der Waals surface area contributed by atoms with Gasteiger partial charge in [-0.2, -0.15) is 0 Å². The lowest BCUT2D eigenvalue weighted by Gasteiger charge is -2.32. The molecule has 1 aliphatic rings. The molecule has 1 aliphatic heterocycles. The molecule has 3 amide bonds. The van der Waals surface area contributed by atoms with E-state index in [0.29, 0.717) is 24.3 Å². The Hall–Kier alpha value is -3.15.